The Hall–Kier alpha value is -0.570. The smallest absolute Gasteiger partial charge is 0.335 e. The third kappa shape index (κ3) is 4.00. The maximum absolute atomic E-state index is 12.5. The van der Waals surface area contributed by atoms with Crippen LogP contribution >= 0.6 is 27.7 Å². The maximum Gasteiger partial charge on any atom is 0.335 e. The summed E-state index contributed by atoms with van der Waals surface area (Å²) < 4.78 is 28.1. The molecule has 1 aliphatic heterocycles. The van der Waals surface area contributed by atoms with Crippen LogP contribution in [0, 0.1) is 6.92 Å². The molecule has 5 nitrogen and oxygen atoms in total. The van der Waals surface area contributed by atoms with Crippen molar-refractivity contribution in [2.45, 2.75) is 30.7 Å². The number of rotatable bonds is 4. The van der Waals surface area contributed by atoms with Crippen LogP contribution < -0.4 is 4.72 Å². The quantitative estimate of drug-likeness (QED) is 0.821. The van der Waals surface area contributed by atoms with Gasteiger partial charge in [-0.15, -0.1) is 0 Å². The normalized spacial score (nSPS) is 16.9. The maximum atomic E-state index is 12.5. The Morgan fingerprint density at radius 1 is 1.38 bits per heavy atom. The molecule has 0 saturated carbocycles. The number of carboxylic acid groups (broad SMARTS) is 1. The van der Waals surface area contributed by atoms with Gasteiger partial charge in [0.1, 0.15) is 0 Å². The van der Waals surface area contributed by atoms with E-state index >= 15 is 0 Å². The molecule has 2 rings (SSSR count). The molecule has 0 spiro atoms. The molecule has 0 aromatic heterocycles. The first-order valence-electron chi connectivity index (χ1n) is 6.45. The van der Waals surface area contributed by atoms with Gasteiger partial charge in [-0.3, -0.25) is 0 Å². The van der Waals surface area contributed by atoms with Crippen molar-refractivity contribution >= 4 is 43.7 Å². The topological polar surface area (TPSA) is 83.5 Å². The van der Waals surface area contributed by atoms with E-state index in [-0.39, 0.29) is 16.5 Å². The lowest BCUT2D eigenvalue weighted by molar-refractivity contribution is 0.0696. The zero-order valence-electron chi connectivity index (χ0n) is 11.4. The van der Waals surface area contributed by atoms with E-state index in [0.29, 0.717) is 10.0 Å². The highest BCUT2D eigenvalue weighted by Crippen LogP contribution is 2.28. The molecule has 21 heavy (non-hydrogen) atoms. The van der Waals surface area contributed by atoms with Crippen molar-refractivity contribution in [3.8, 4) is 0 Å². The van der Waals surface area contributed by atoms with E-state index < -0.39 is 16.0 Å². The Bertz CT molecular complexity index is 654. The number of hydrogen-bond donors (Lipinski definition) is 2. The lowest BCUT2D eigenvalue weighted by Crippen LogP contribution is -2.37. The van der Waals surface area contributed by atoms with Crippen LogP contribution in [-0.4, -0.2) is 37.0 Å². The number of thioether (sulfide) groups is 1. The summed E-state index contributed by atoms with van der Waals surface area (Å²) in [5, 5.41) is 9.08. The van der Waals surface area contributed by atoms with Crippen molar-refractivity contribution in [3.05, 3.63) is 27.7 Å². The minimum absolute atomic E-state index is 0.0156. The van der Waals surface area contributed by atoms with Crippen LogP contribution in [0.25, 0.3) is 0 Å². The van der Waals surface area contributed by atoms with E-state index in [1.165, 1.54) is 12.1 Å². The minimum atomic E-state index is -3.74. The van der Waals surface area contributed by atoms with Gasteiger partial charge in [0, 0.05) is 10.5 Å². The SMILES string of the molecule is Cc1cc(C(=O)O)cc(S(=O)(=O)NC2CCSCC2)c1Br. The van der Waals surface area contributed by atoms with Crippen LogP contribution in [0.1, 0.15) is 28.8 Å². The Kier molecular flexibility index (Phi) is 5.34. The molecule has 0 aliphatic carbocycles. The van der Waals surface area contributed by atoms with Gasteiger partial charge in [0.15, 0.2) is 0 Å². The first-order valence-corrected chi connectivity index (χ1v) is 9.88. The van der Waals surface area contributed by atoms with E-state index in [0.717, 1.165) is 24.3 Å². The number of hydrogen-bond acceptors (Lipinski definition) is 4. The molecule has 1 aromatic rings. The molecule has 1 fully saturated rings. The monoisotopic (exact) mass is 393 g/mol. The van der Waals surface area contributed by atoms with Crippen molar-refractivity contribution in [1.29, 1.82) is 0 Å². The highest BCUT2D eigenvalue weighted by molar-refractivity contribution is 9.10. The average molecular weight is 394 g/mol. The highest BCUT2D eigenvalue weighted by Gasteiger charge is 2.25. The molecular formula is C13H16BrNO4S2. The van der Waals surface area contributed by atoms with Crippen LogP contribution in [0.15, 0.2) is 21.5 Å². The number of carboxylic acids is 1. The molecule has 0 amide bonds. The summed E-state index contributed by atoms with van der Waals surface area (Å²) in [6, 6.07) is 2.55. The van der Waals surface area contributed by atoms with E-state index in [2.05, 4.69) is 20.7 Å². The largest absolute Gasteiger partial charge is 0.478 e. The third-order valence-electron chi connectivity index (χ3n) is 3.30. The molecule has 0 radical (unpaired) electrons. The molecule has 0 bridgehead atoms. The van der Waals surface area contributed by atoms with Crippen LogP contribution in [0.3, 0.4) is 0 Å². The van der Waals surface area contributed by atoms with Crippen LogP contribution in [0.4, 0.5) is 0 Å². The summed E-state index contributed by atoms with van der Waals surface area (Å²) in [6.07, 6.45) is 1.58. The van der Waals surface area contributed by atoms with Crippen molar-refractivity contribution in [2.75, 3.05) is 11.5 Å². The number of halogens is 1. The summed E-state index contributed by atoms with van der Waals surface area (Å²) in [5.41, 5.74) is 0.546. The second kappa shape index (κ2) is 6.68. The lowest BCUT2D eigenvalue weighted by Gasteiger charge is -2.23. The standard InChI is InChI=1S/C13H16BrNO4S2/c1-8-6-9(13(16)17)7-11(12(8)14)21(18,19)15-10-2-4-20-5-3-10/h6-7,10,15H,2-5H2,1H3,(H,16,17). The zero-order chi connectivity index (χ0) is 15.6. The molecule has 1 aliphatic rings. The number of aromatic carboxylic acids is 1. The van der Waals surface area contributed by atoms with E-state index in [1.54, 1.807) is 6.92 Å². The molecule has 116 valence electrons. The average Bonchev–Trinajstić information content (AvgIpc) is 2.41. The van der Waals surface area contributed by atoms with Gasteiger partial charge < -0.3 is 5.11 Å². The van der Waals surface area contributed by atoms with Gasteiger partial charge in [0.25, 0.3) is 0 Å². The van der Waals surface area contributed by atoms with Crippen molar-refractivity contribution < 1.29 is 18.3 Å². The lowest BCUT2D eigenvalue weighted by atomic mass is 10.1. The fourth-order valence-corrected chi connectivity index (χ4v) is 5.61. The zero-order valence-corrected chi connectivity index (χ0v) is 14.6. The first kappa shape index (κ1) is 16.8. The summed E-state index contributed by atoms with van der Waals surface area (Å²) in [4.78, 5) is 11.1. The highest BCUT2D eigenvalue weighted by atomic mass is 79.9. The van der Waals surface area contributed by atoms with Gasteiger partial charge >= 0.3 is 5.97 Å². The Morgan fingerprint density at radius 2 is 2.00 bits per heavy atom. The van der Waals surface area contributed by atoms with Gasteiger partial charge in [0.05, 0.1) is 10.5 Å². The van der Waals surface area contributed by atoms with Gasteiger partial charge in [-0.2, -0.15) is 11.8 Å². The number of carbonyl (C=O) groups is 1. The Balaban J connectivity index is 2.36. The van der Waals surface area contributed by atoms with Crippen LogP contribution in [-0.2, 0) is 10.0 Å². The van der Waals surface area contributed by atoms with Crippen molar-refractivity contribution in [2.24, 2.45) is 0 Å². The fraction of sp³-hybridized carbons (Fsp3) is 0.462. The number of aryl methyl sites for hydroxylation is 1. The van der Waals surface area contributed by atoms with Gasteiger partial charge in [0.2, 0.25) is 10.0 Å². The van der Waals surface area contributed by atoms with Crippen LogP contribution in [0.5, 0.6) is 0 Å². The minimum Gasteiger partial charge on any atom is -0.478 e. The van der Waals surface area contributed by atoms with E-state index in [1.807, 2.05) is 11.8 Å². The number of nitrogens with one attached hydrogen (secondary N) is 1. The molecular weight excluding hydrogens is 378 g/mol. The number of benzene rings is 1. The molecule has 8 heteroatoms. The third-order valence-corrected chi connectivity index (χ3v) is 7.21. The fourth-order valence-electron chi connectivity index (χ4n) is 2.15. The molecule has 1 aromatic carbocycles. The van der Waals surface area contributed by atoms with Gasteiger partial charge in [-0.05, 0) is 64.9 Å². The second-order valence-corrected chi connectivity index (χ2v) is 8.62. The van der Waals surface area contributed by atoms with Gasteiger partial charge in [-0.1, -0.05) is 0 Å². The number of sulfonamides is 1. The molecule has 0 atom stereocenters. The van der Waals surface area contributed by atoms with Gasteiger partial charge in [-0.25, -0.2) is 17.9 Å². The summed E-state index contributed by atoms with van der Waals surface area (Å²) in [6.45, 7) is 1.67. The Morgan fingerprint density at radius 3 is 2.57 bits per heavy atom. The molecule has 2 N–H and O–H groups in total. The molecule has 0 unspecified atom stereocenters. The second-order valence-electron chi connectivity index (χ2n) is 4.92. The molecule has 1 saturated heterocycles. The molecule has 1 heterocycles. The van der Waals surface area contributed by atoms with E-state index in [9.17, 15) is 13.2 Å². The summed E-state index contributed by atoms with van der Waals surface area (Å²) in [7, 11) is -3.74. The predicted octanol–water partition coefficient (Wildman–Crippen LogP) is 2.63. The first-order chi connectivity index (χ1) is 9.81. The summed E-state index contributed by atoms with van der Waals surface area (Å²) in [5.74, 6) is 0.724. The van der Waals surface area contributed by atoms with Crippen molar-refractivity contribution in [3.63, 3.8) is 0 Å². The summed E-state index contributed by atoms with van der Waals surface area (Å²) >= 11 is 5.06. The Labute approximate surface area is 136 Å². The van der Waals surface area contributed by atoms with Crippen LogP contribution in [0.2, 0.25) is 0 Å². The van der Waals surface area contributed by atoms with Crippen molar-refractivity contribution in [1.82, 2.24) is 4.72 Å². The van der Waals surface area contributed by atoms with E-state index in [4.69, 9.17) is 5.11 Å². The predicted molar refractivity (Wildman–Crippen MR) is 86.5 cm³/mol.